The Hall–Kier alpha value is -1.59. The van der Waals surface area contributed by atoms with Crippen LogP contribution in [0.1, 0.15) is 16.8 Å². The van der Waals surface area contributed by atoms with Crippen molar-refractivity contribution in [3.05, 3.63) is 53.3 Å². The second-order valence-electron chi connectivity index (χ2n) is 5.30. The Kier molecular flexibility index (Phi) is 3.18. The van der Waals surface area contributed by atoms with Gasteiger partial charge in [-0.15, -0.1) is 0 Å². The van der Waals surface area contributed by atoms with Crippen molar-refractivity contribution >= 4 is 10.0 Å². The second-order valence-corrected chi connectivity index (χ2v) is 7.24. The van der Waals surface area contributed by atoms with Crippen LogP contribution in [-0.4, -0.2) is 23.8 Å². The molecule has 1 aliphatic rings. The first-order chi connectivity index (χ1) is 9.48. The van der Waals surface area contributed by atoms with E-state index in [9.17, 15) is 8.42 Å². The third-order valence-electron chi connectivity index (χ3n) is 3.90. The predicted molar refractivity (Wildman–Crippen MR) is 77.9 cm³/mol. The SMILES string of the molecule is Cc1ccc(S(=O)(=O)N2CCc3c(ccn3C)C2)cc1. The van der Waals surface area contributed by atoms with Gasteiger partial charge in [0, 0.05) is 38.4 Å². The zero-order valence-electron chi connectivity index (χ0n) is 11.7. The Labute approximate surface area is 119 Å². The third-order valence-corrected chi connectivity index (χ3v) is 5.76. The van der Waals surface area contributed by atoms with Crippen LogP contribution in [0.25, 0.3) is 0 Å². The number of rotatable bonds is 2. The molecule has 0 aliphatic carbocycles. The topological polar surface area (TPSA) is 42.3 Å². The number of sulfonamides is 1. The van der Waals surface area contributed by atoms with Crippen molar-refractivity contribution in [2.75, 3.05) is 6.54 Å². The molecule has 106 valence electrons. The van der Waals surface area contributed by atoms with Crippen LogP contribution in [0.5, 0.6) is 0 Å². The van der Waals surface area contributed by atoms with E-state index in [0.29, 0.717) is 18.0 Å². The molecule has 0 amide bonds. The molecule has 0 bridgehead atoms. The Bertz CT molecular complexity index is 730. The second kappa shape index (κ2) is 4.75. The van der Waals surface area contributed by atoms with E-state index in [0.717, 1.165) is 17.5 Å². The van der Waals surface area contributed by atoms with E-state index < -0.39 is 10.0 Å². The largest absolute Gasteiger partial charge is 0.354 e. The van der Waals surface area contributed by atoms with Gasteiger partial charge in [-0.1, -0.05) is 17.7 Å². The summed E-state index contributed by atoms with van der Waals surface area (Å²) in [4.78, 5) is 0.377. The number of aromatic nitrogens is 1. The minimum Gasteiger partial charge on any atom is -0.354 e. The average molecular weight is 290 g/mol. The van der Waals surface area contributed by atoms with E-state index in [2.05, 4.69) is 4.57 Å². The normalized spacial score (nSPS) is 16.1. The molecule has 0 radical (unpaired) electrons. The van der Waals surface area contributed by atoms with Crippen molar-refractivity contribution in [2.45, 2.75) is 24.8 Å². The first-order valence-corrected chi connectivity index (χ1v) is 8.12. The van der Waals surface area contributed by atoms with Crippen LogP contribution in [0.15, 0.2) is 41.4 Å². The lowest BCUT2D eigenvalue weighted by Gasteiger charge is -2.27. The first-order valence-electron chi connectivity index (χ1n) is 6.68. The quantitative estimate of drug-likeness (QED) is 0.850. The fourth-order valence-electron chi connectivity index (χ4n) is 2.66. The summed E-state index contributed by atoms with van der Waals surface area (Å²) in [5.74, 6) is 0. The summed E-state index contributed by atoms with van der Waals surface area (Å²) in [7, 11) is -1.39. The zero-order chi connectivity index (χ0) is 14.3. The molecule has 2 aromatic rings. The number of hydrogen-bond acceptors (Lipinski definition) is 2. The average Bonchev–Trinajstić information content (AvgIpc) is 2.80. The molecule has 5 heteroatoms. The molecule has 1 aliphatic heterocycles. The van der Waals surface area contributed by atoms with Gasteiger partial charge in [-0.25, -0.2) is 8.42 Å². The molecule has 3 rings (SSSR count). The van der Waals surface area contributed by atoms with Gasteiger partial charge in [-0.2, -0.15) is 4.31 Å². The molecule has 0 saturated carbocycles. The van der Waals surface area contributed by atoms with Crippen LogP contribution in [0.4, 0.5) is 0 Å². The Morgan fingerprint density at radius 2 is 1.80 bits per heavy atom. The Morgan fingerprint density at radius 3 is 2.50 bits per heavy atom. The summed E-state index contributed by atoms with van der Waals surface area (Å²) in [5.41, 5.74) is 3.41. The molecule has 4 nitrogen and oxygen atoms in total. The van der Waals surface area contributed by atoms with E-state index in [4.69, 9.17) is 0 Å². The fraction of sp³-hybridized carbons (Fsp3) is 0.333. The summed E-state index contributed by atoms with van der Waals surface area (Å²) in [5, 5.41) is 0. The molecule has 0 saturated heterocycles. The highest BCUT2D eigenvalue weighted by atomic mass is 32.2. The van der Waals surface area contributed by atoms with Gasteiger partial charge in [-0.05, 0) is 30.7 Å². The molecular formula is C15H18N2O2S. The van der Waals surface area contributed by atoms with Crippen LogP contribution in [0, 0.1) is 6.92 Å². The zero-order valence-corrected chi connectivity index (χ0v) is 12.5. The van der Waals surface area contributed by atoms with Crippen molar-refractivity contribution in [3.63, 3.8) is 0 Å². The maximum absolute atomic E-state index is 12.6. The third kappa shape index (κ3) is 2.17. The summed E-state index contributed by atoms with van der Waals surface area (Å²) in [6.07, 6.45) is 2.76. The summed E-state index contributed by atoms with van der Waals surface area (Å²) >= 11 is 0. The Balaban J connectivity index is 1.92. The van der Waals surface area contributed by atoms with Gasteiger partial charge in [0.2, 0.25) is 10.0 Å². The van der Waals surface area contributed by atoms with Gasteiger partial charge in [0.1, 0.15) is 0 Å². The lowest BCUT2D eigenvalue weighted by molar-refractivity contribution is 0.386. The van der Waals surface area contributed by atoms with Gasteiger partial charge in [-0.3, -0.25) is 0 Å². The summed E-state index contributed by atoms with van der Waals surface area (Å²) in [6, 6.07) is 9.05. The number of nitrogens with zero attached hydrogens (tertiary/aromatic N) is 2. The van der Waals surface area contributed by atoms with Crippen molar-refractivity contribution in [1.29, 1.82) is 0 Å². The molecule has 0 spiro atoms. The molecule has 0 fully saturated rings. The minimum absolute atomic E-state index is 0.377. The fourth-order valence-corrected chi connectivity index (χ4v) is 4.08. The van der Waals surface area contributed by atoms with Crippen molar-refractivity contribution in [3.8, 4) is 0 Å². The van der Waals surface area contributed by atoms with Crippen molar-refractivity contribution in [1.82, 2.24) is 8.87 Å². The summed E-state index contributed by atoms with van der Waals surface area (Å²) in [6.45, 7) is 2.96. The monoisotopic (exact) mass is 290 g/mol. The van der Waals surface area contributed by atoms with E-state index in [1.807, 2.05) is 38.4 Å². The highest BCUT2D eigenvalue weighted by molar-refractivity contribution is 7.89. The highest BCUT2D eigenvalue weighted by Crippen LogP contribution is 2.25. The molecule has 0 N–H and O–H groups in total. The van der Waals surface area contributed by atoms with Crippen LogP contribution in [0.2, 0.25) is 0 Å². The highest BCUT2D eigenvalue weighted by Gasteiger charge is 2.29. The van der Waals surface area contributed by atoms with E-state index in [1.165, 1.54) is 5.69 Å². The molecule has 0 unspecified atom stereocenters. The standard InChI is InChI=1S/C15H18N2O2S/c1-12-3-5-14(6-4-12)20(18,19)17-10-8-15-13(11-17)7-9-16(15)2/h3-7,9H,8,10-11H2,1-2H3. The van der Waals surface area contributed by atoms with Gasteiger partial charge >= 0.3 is 0 Å². The van der Waals surface area contributed by atoms with Crippen LogP contribution in [-0.2, 0) is 30.0 Å². The number of fused-ring (bicyclic) bond motifs is 1. The number of hydrogen-bond donors (Lipinski definition) is 0. The minimum atomic E-state index is -3.39. The molecule has 0 atom stereocenters. The molecule has 1 aromatic carbocycles. The summed E-state index contributed by atoms with van der Waals surface area (Å²) < 4.78 is 28.9. The molecule has 20 heavy (non-hydrogen) atoms. The molecule has 1 aromatic heterocycles. The van der Waals surface area contributed by atoms with Gasteiger partial charge in [0.25, 0.3) is 0 Å². The predicted octanol–water partition coefficient (Wildman–Crippen LogP) is 2.08. The first kappa shape index (κ1) is 13.4. The maximum atomic E-state index is 12.6. The molecular weight excluding hydrogens is 272 g/mol. The van der Waals surface area contributed by atoms with E-state index >= 15 is 0 Å². The van der Waals surface area contributed by atoms with Crippen LogP contribution < -0.4 is 0 Å². The van der Waals surface area contributed by atoms with Gasteiger partial charge in [0.15, 0.2) is 0 Å². The van der Waals surface area contributed by atoms with Gasteiger partial charge in [0.05, 0.1) is 4.90 Å². The van der Waals surface area contributed by atoms with Crippen LogP contribution >= 0.6 is 0 Å². The van der Waals surface area contributed by atoms with Crippen molar-refractivity contribution < 1.29 is 8.42 Å². The van der Waals surface area contributed by atoms with Gasteiger partial charge < -0.3 is 4.57 Å². The van der Waals surface area contributed by atoms with E-state index in [-0.39, 0.29) is 0 Å². The maximum Gasteiger partial charge on any atom is 0.243 e. The molecule has 2 heterocycles. The number of benzene rings is 1. The number of aryl methyl sites for hydroxylation is 2. The van der Waals surface area contributed by atoms with Crippen molar-refractivity contribution in [2.24, 2.45) is 7.05 Å². The lowest BCUT2D eigenvalue weighted by Crippen LogP contribution is -2.36. The van der Waals surface area contributed by atoms with Crippen LogP contribution in [0.3, 0.4) is 0 Å². The smallest absolute Gasteiger partial charge is 0.243 e. The Morgan fingerprint density at radius 1 is 1.10 bits per heavy atom. The van der Waals surface area contributed by atoms with E-state index in [1.54, 1.807) is 16.4 Å². The lowest BCUT2D eigenvalue weighted by atomic mass is 10.1.